The number of rotatable bonds is 4. The molecule has 2 heterocycles. The number of amides is 2. The zero-order chi connectivity index (χ0) is 18.8. The quantitative estimate of drug-likeness (QED) is 0.699. The molecule has 1 aliphatic rings. The van der Waals surface area contributed by atoms with Gasteiger partial charge < -0.3 is 4.74 Å². The van der Waals surface area contributed by atoms with Gasteiger partial charge in [0.1, 0.15) is 11.4 Å². The van der Waals surface area contributed by atoms with Crippen LogP contribution in [0.25, 0.3) is 23.0 Å². The Morgan fingerprint density at radius 2 is 1.81 bits per heavy atom. The Morgan fingerprint density at radius 1 is 1.07 bits per heavy atom. The maximum atomic E-state index is 12.0. The number of ether oxygens (including phenoxy) is 1. The topological polar surface area (TPSA) is 73.2 Å². The summed E-state index contributed by atoms with van der Waals surface area (Å²) >= 11 is 0.881. The summed E-state index contributed by atoms with van der Waals surface area (Å²) in [6, 6.07) is 17.2. The highest BCUT2D eigenvalue weighted by Crippen LogP contribution is 2.34. The van der Waals surface area contributed by atoms with Crippen LogP contribution in [-0.4, -0.2) is 28.0 Å². The lowest BCUT2D eigenvalue weighted by molar-refractivity contribution is -0.115. The normalized spacial score (nSPS) is 15.2. The number of para-hydroxylation sites is 2. The number of nitrogens with one attached hydrogen (secondary N) is 1. The van der Waals surface area contributed by atoms with Crippen molar-refractivity contribution in [2.24, 2.45) is 0 Å². The van der Waals surface area contributed by atoms with E-state index in [1.54, 1.807) is 17.9 Å². The Morgan fingerprint density at radius 3 is 2.52 bits per heavy atom. The van der Waals surface area contributed by atoms with Crippen molar-refractivity contribution in [3.63, 3.8) is 0 Å². The molecule has 1 N–H and O–H groups in total. The molecule has 0 atom stereocenters. The lowest BCUT2D eigenvalue weighted by Gasteiger charge is -2.06. The SMILES string of the molecule is COc1ccccc1-c1nn(-c2ccccc2)cc1/C=C1\SC(=O)NC1=O. The minimum absolute atomic E-state index is 0.337. The molecule has 0 bridgehead atoms. The molecule has 3 aromatic rings. The highest BCUT2D eigenvalue weighted by atomic mass is 32.2. The Balaban J connectivity index is 1.88. The first-order valence-corrected chi connectivity index (χ1v) is 9.00. The number of aromatic nitrogens is 2. The maximum Gasteiger partial charge on any atom is 0.290 e. The first kappa shape index (κ1) is 17.1. The molecule has 2 amide bonds. The van der Waals surface area contributed by atoms with Gasteiger partial charge in [0, 0.05) is 17.3 Å². The maximum absolute atomic E-state index is 12.0. The molecule has 1 saturated heterocycles. The van der Waals surface area contributed by atoms with Crippen molar-refractivity contribution in [1.82, 2.24) is 15.1 Å². The first-order valence-electron chi connectivity index (χ1n) is 8.19. The summed E-state index contributed by atoms with van der Waals surface area (Å²) in [4.78, 5) is 23.8. The highest BCUT2D eigenvalue weighted by Gasteiger charge is 2.26. The standard InChI is InChI=1S/C20H15N3O3S/c1-26-16-10-6-5-9-15(16)18-13(11-17-19(24)21-20(25)27-17)12-23(22-18)14-7-3-2-4-8-14/h2-12H,1H3,(H,21,24,25)/b17-11-. The lowest BCUT2D eigenvalue weighted by atomic mass is 10.1. The van der Waals surface area contributed by atoms with Gasteiger partial charge in [0.2, 0.25) is 0 Å². The molecule has 6 nitrogen and oxygen atoms in total. The van der Waals surface area contributed by atoms with Gasteiger partial charge in [-0.05, 0) is 42.1 Å². The molecule has 0 radical (unpaired) electrons. The van der Waals surface area contributed by atoms with Crippen molar-refractivity contribution in [2.45, 2.75) is 0 Å². The fraction of sp³-hybridized carbons (Fsp3) is 0.0500. The van der Waals surface area contributed by atoms with E-state index in [4.69, 9.17) is 9.84 Å². The molecule has 27 heavy (non-hydrogen) atoms. The molecule has 0 spiro atoms. The number of carbonyl (C=O) groups excluding carboxylic acids is 2. The number of methoxy groups -OCH3 is 1. The van der Waals surface area contributed by atoms with Crippen molar-refractivity contribution in [3.8, 4) is 22.7 Å². The molecule has 1 aromatic heterocycles. The van der Waals surface area contributed by atoms with Crippen LogP contribution in [0.4, 0.5) is 4.79 Å². The second-order valence-corrected chi connectivity index (χ2v) is 6.78. The third kappa shape index (κ3) is 3.37. The van der Waals surface area contributed by atoms with E-state index < -0.39 is 5.91 Å². The molecule has 7 heteroatoms. The largest absolute Gasteiger partial charge is 0.496 e. The highest BCUT2D eigenvalue weighted by molar-refractivity contribution is 8.18. The number of imide groups is 1. The minimum Gasteiger partial charge on any atom is -0.496 e. The smallest absolute Gasteiger partial charge is 0.290 e. The van der Waals surface area contributed by atoms with Crippen LogP contribution in [0.5, 0.6) is 5.75 Å². The molecule has 1 fully saturated rings. The average Bonchev–Trinajstić information content (AvgIpc) is 3.25. The summed E-state index contributed by atoms with van der Waals surface area (Å²) in [6.45, 7) is 0. The molecule has 0 aliphatic carbocycles. The Kier molecular flexibility index (Phi) is 4.52. The second kappa shape index (κ2) is 7.13. The van der Waals surface area contributed by atoms with Crippen molar-refractivity contribution < 1.29 is 14.3 Å². The zero-order valence-electron chi connectivity index (χ0n) is 14.4. The van der Waals surface area contributed by atoms with E-state index in [1.165, 1.54) is 0 Å². The van der Waals surface area contributed by atoms with Gasteiger partial charge in [-0.3, -0.25) is 14.9 Å². The van der Waals surface area contributed by atoms with Crippen molar-refractivity contribution in [3.05, 3.63) is 71.3 Å². The molecule has 0 saturated carbocycles. The number of carbonyl (C=O) groups is 2. The van der Waals surface area contributed by atoms with E-state index in [2.05, 4.69) is 5.32 Å². The van der Waals surface area contributed by atoms with E-state index in [0.29, 0.717) is 16.3 Å². The summed E-state index contributed by atoms with van der Waals surface area (Å²) < 4.78 is 7.21. The minimum atomic E-state index is -0.400. The van der Waals surface area contributed by atoms with Crippen molar-refractivity contribution in [1.29, 1.82) is 0 Å². The molecule has 1 aliphatic heterocycles. The molecule has 134 valence electrons. The Hall–Kier alpha value is -3.32. The number of hydrogen-bond donors (Lipinski definition) is 1. The van der Waals surface area contributed by atoms with E-state index in [0.717, 1.165) is 28.6 Å². The van der Waals surface area contributed by atoms with E-state index in [1.807, 2.05) is 60.8 Å². The molecule has 4 rings (SSSR count). The molecule has 0 unspecified atom stereocenters. The Labute approximate surface area is 159 Å². The summed E-state index contributed by atoms with van der Waals surface area (Å²) in [7, 11) is 1.60. The van der Waals surface area contributed by atoms with Gasteiger partial charge in [-0.25, -0.2) is 4.68 Å². The number of nitrogens with zero attached hydrogens (tertiary/aromatic N) is 2. The fourth-order valence-electron chi connectivity index (χ4n) is 2.82. The van der Waals surface area contributed by atoms with Gasteiger partial charge in [0.25, 0.3) is 11.1 Å². The third-order valence-corrected chi connectivity index (χ3v) is 4.86. The number of hydrogen-bond acceptors (Lipinski definition) is 5. The monoisotopic (exact) mass is 377 g/mol. The van der Waals surface area contributed by atoms with Gasteiger partial charge in [-0.15, -0.1) is 0 Å². The van der Waals surface area contributed by atoms with E-state index in [9.17, 15) is 9.59 Å². The first-order chi connectivity index (χ1) is 13.2. The molecule has 2 aromatic carbocycles. The van der Waals surface area contributed by atoms with E-state index in [-0.39, 0.29) is 5.24 Å². The van der Waals surface area contributed by atoms with Gasteiger partial charge >= 0.3 is 0 Å². The van der Waals surface area contributed by atoms with Crippen LogP contribution in [0, 0.1) is 0 Å². The summed E-state index contributed by atoms with van der Waals surface area (Å²) in [5.74, 6) is 0.276. The zero-order valence-corrected chi connectivity index (χ0v) is 15.2. The average molecular weight is 377 g/mol. The third-order valence-electron chi connectivity index (χ3n) is 4.05. The van der Waals surface area contributed by atoms with Crippen LogP contribution in [0.2, 0.25) is 0 Å². The van der Waals surface area contributed by atoms with Crippen LogP contribution < -0.4 is 10.1 Å². The second-order valence-electron chi connectivity index (χ2n) is 5.77. The summed E-state index contributed by atoms with van der Waals surface area (Å²) in [5, 5.41) is 6.61. The van der Waals surface area contributed by atoms with E-state index >= 15 is 0 Å². The number of thioether (sulfide) groups is 1. The van der Waals surface area contributed by atoms with Crippen LogP contribution in [0.15, 0.2) is 65.7 Å². The predicted molar refractivity (Wildman–Crippen MR) is 105 cm³/mol. The molecular weight excluding hydrogens is 362 g/mol. The van der Waals surface area contributed by atoms with Gasteiger partial charge in [0.15, 0.2) is 0 Å². The molecular formula is C20H15N3O3S. The lowest BCUT2D eigenvalue weighted by Crippen LogP contribution is -2.17. The van der Waals surface area contributed by atoms with Crippen LogP contribution in [0.1, 0.15) is 5.56 Å². The Bertz CT molecular complexity index is 1060. The van der Waals surface area contributed by atoms with Crippen molar-refractivity contribution >= 4 is 29.0 Å². The fourth-order valence-corrected chi connectivity index (χ4v) is 3.49. The summed E-state index contributed by atoms with van der Waals surface area (Å²) in [6.07, 6.45) is 3.51. The van der Waals surface area contributed by atoms with Crippen LogP contribution in [0.3, 0.4) is 0 Å². The van der Waals surface area contributed by atoms with Gasteiger partial charge in [-0.1, -0.05) is 30.3 Å². The van der Waals surface area contributed by atoms with Crippen molar-refractivity contribution in [2.75, 3.05) is 7.11 Å². The van der Waals surface area contributed by atoms with Crippen LogP contribution in [-0.2, 0) is 4.79 Å². The van der Waals surface area contributed by atoms with Gasteiger partial charge in [0.05, 0.1) is 17.7 Å². The number of benzene rings is 2. The summed E-state index contributed by atoms with van der Waals surface area (Å²) in [5.41, 5.74) is 3.07. The van der Waals surface area contributed by atoms with Gasteiger partial charge in [-0.2, -0.15) is 5.10 Å². The predicted octanol–water partition coefficient (Wildman–Crippen LogP) is 3.87. The van der Waals surface area contributed by atoms with Crippen LogP contribution >= 0.6 is 11.8 Å².